The number of esters is 4. The maximum Gasteiger partial charge on any atom is 0.472 e. The second kappa shape index (κ2) is 73.3. The van der Waals surface area contributed by atoms with Gasteiger partial charge in [0.05, 0.1) is 26.4 Å². The van der Waals surface area contributed by atoms with Crippen LogP contribution in [0.5, 0.6) is 0 Å². The van der Waals surface area contributed by atoms with E-state index >= 15 is 0 Å². The predicted octanol–water partition coefficient (Wildman–Crippen LogP) is 22.8. The van der Waals surface area contributed by atoms with Crippen LogP contribution in [0.15, 0.2) is 97.2 Å². The van der Waals surface area contributed by atoms with Crippen molar-refractivity contribution < 1.29 is 80.2 Å². The van der Waals surface area contributed by atoms with Crippen LogP contribution >= 0.6 is 15.6 Å². The molecule has 578 valence electrons. The maximum absolute atomic E-state index is 13.1. The van der Waals surface area contributed by atoms with Gasteiger partial charge in [0.1, 0.15) is 19.3 Å². The molecular formula is C81H142O17P2. The highest BCUT2D eigenvalue weighted by molar-refractivity contribution is 7.47. The number of phosphoric ester groups is 2. The molecule has 0 fully saturated rings. The minimum Gasteiger partial charge on any atom is -0.462 e. The van der Waals surface area contributed by atoms with Gasteiger partial charge in [-0.15, -0.1) is 0 Å². The molecule has 0 amide bonds. The number of phosphoric acid groups is 2. The van der Waals surface area contributed by atoms with Crippen LogP contribution in [0.3, 0.4) is 0 Å². The number of rotatable bonds is 74. The third kappa shape index (κ3) is 72.3. The summed E-state index contributed by atoms with van der Waals surface area (Å²) in [6.07, 6.45) is 76.8. The lowest BCUT2D eigenvalue weighted by Gasteiger charge is -2.21. The Kier molecular flexibility index (Phi) is 70.4. The van der Waals surface area contributed by atoms with Crippen molar-refractivity contribution in [1.29, 1.82) is 0 Å². The molecular weight excluding hydrogens is 1310 g/mol. The zero-order chi connectivity index (χ0) is 73.2. The molecule has 0 aromatic heterocycles. The maximum atomic E-state index is 13.1. The zero-order valence-electron chi connectivity index (χ0n) is 63.1. The normalized spacial score (nSPS) is 14.4. The second-order valence-electron chi connectivity index (χ2n) is 26.3. The van der Waals surface area contributed by atoms with Gasteiger partial charge in [-0.3, -0.25) is 37.3 Å². The number of hydrogen-bond acceptors (Lipinski definition) is 15. The molecule has 0 aliphatic carbocycles. The zero-order valence-corrected chi connectivity index (χ0v) is 64.9. The number of aliphatic hydroxyl groups is 1. The van der Waals surface area contributed by atoms with Crippen LogP contribution in [0, 0.1) is 0 Å². The fourth-order valence-electron chi connectivity index (χ4n) is 10.5. The largest absolute Gasteiger partial charge is 0.472 e. The molecule has 2 unspecified atom stereocenters. The first-order chi connectivity index (χ1) is 48.7. The van der Waals surface area contributed by atoms with Crippen LogP contribution in [0.2, 0.25) is 0 Å². The minimum absolute atomic E-state index is 0.0159. The number of ether oxygens (including phenoxy) is 4. The molecule has 0 spiro atoms. The Balaban J connectivity index is 5.41. The predicted molar refractivity (Wildman–Crippen MR) is 409 cm³/mol. The monoisotopic (exact) mass is 1450 g/mol. The highest BCUT2D eigenvalue weighted by Crippen LogP contribution is 2.45. The minimum atomic E-state index is -4.99. The summed E-state index contributed by atoms with van der Waals surface area (Å²) in [4.78, 5) is 72.9. The van der Waals surface area contributed by atoms with Crippen LogP contribution in [-0.2, 0) is 65.4 Å². The third-order valence-electron chi connectivity index (χ3n) is 16.5. The summed E-state index contributed by atoms with van der Waals surface area (Å²) in [6, 6.07) is 0. The van der Waals surface area contributed by atoms with E-state index in [0.717, 1.165) is 135 Å². The van der Waals surface area contributed by atoms with Crippen molar-refractivity contribution in [2.24, 2.45) is 0 Å². The Hall–Kier alpha value is -4.02. The molecule has 19 heteroatoms. The van der Waals surface area contributed by atoms with Crippen LogP contribution in [0.4, 0.5) is 0 Å². The van der Waals surface area contributed by atoms with E-state index in [9.17, 15) is 43.2 Å². The molecule has 0 radical (unpaired) electrons. The molecule has 0 saturated heterocycles. The molecule has 0 aliphatic heterocycles. The molecule has 0 bridgehead atoms. The lowest BCUT2D eigenvalue weighted by molar-refractivity contribution is -0.161. The molecule has 17 nitrogen and oxygen atoms in total. The summed E-state index contributed by atoms with van der Waals surface area (Å²) in [5.74, 6) is -2.26. The standard InChI is InChI=1S/C81H142O17P2/c1-5-9-13-17-21-25-29-33-36-37-40-44-48-52-56-60-64-68-81(86)98-77(72-92-79(84)66-62-58-54-50-46-43-39-35-31-27-23-19-15-11-7-3)74-96-100(89,90)94-70-75(82)69-93-99(87,88)95-73-76(97-80(85)67-63-59-55-51-47-41-32-28-24-20-16-12-8-4)71-91-78(83)65-61-57-53-49-45-42-38-34-30-26-22-18-14-10-6-2/h21-22,25-27,31,33-36,38-40,44,52,56,75-77,82H,5-20,23-24,28-30,32,37,41-43,45-51,53-55,57-74H2,1-4H3,(H,87,88)(H,89,90)/b25-21-,26-22-,31-27-,36-33-,38-34-,39-35-,44-40-,56-52-/t75-,76-,77-/m1/s1. The van der Waals surface area contributed by atoms with E-state index in [1.165, 1.54) is 116 Å². The van der Waals surface area contributed by atoms with Gasteiger partial charge in [0, 0.05) is 25.7 Å². The Morgan fingerprint density at radius 3 is 0.880 bits per heavy atom. The topological polar surface area (TPSA) is 237 Å². The molecule has 0 aromatic carbocycles. The summed E-state index contributed by atoms with van der Waals surface area (Å²) in [5, 5.41) is 10.6. The molecule has 0 heterocycles. The van der Waals surface area contributed by atoms with E-state index in [-0.39, 0.29) is 25.7 Å². The summed E-state index contributed by atoms with van der Waals surface area (Å²) in [7, 11) is -9.97. The molecule has 0 aromatic rings. The summed E-state index contributed by atoms with van der Waals surface area (Å²) in [5.41, 5.74) is 0. The van der Waals surface area contributed by atoms with Crippen molar-refractivity contribution in [3.05, 3.63) is 97.2 Å². The smallest absolute Gasteiger partial charge is 0.462 e. The number of hydrogen-bond donors (Lipinski definition) is 3. The second-order valence-corrected chi connectivity index (χ2v) is 29.2. The highest BCUT2D eigenvalue weighted by Gasteiger charge is 2.30. The van der Waals surface area contributed by atoms with Crippen molar-refractivity contribution in [2.45, 2.75) is 354 Å². The first-order valence-corrected chi connectivity index (χ1v) is 42.5. The van der Waals surface area contributed by atoms with Crippen molar-refractivity contribution in [1.82, 2.24) is 0 Å². The number of carbonyl (C=O) groups excluding carboxylic acids is 4. The van der Waals surface area contributed by atoms with Crippen molar-refractivity contribution >= 4 is 39.5 Å². The lowest BCUT2D eigenvalue weighted by atomic mass is 10.0. The van der Waals surface area contributed by atoms with E-state index < -0.39 is 97.5 Å². The van der Waals surface area contributed by atoms with Crippen molar-refractivity contribution in [2.75, 3.05) is 39.6 Å². The van der Waals surface area contributed by atoms with E-state index in [1.807, 2.05) is 12.2 Å². The molecule has 5 atom stereocenters. The number of allylic oxidation sites excluding steroid dienone is 16. The van der Waals surface area contributed by atoms with E-state index in [4.69, 9.17) is 37.0 Å². The van der Waals surface area contributed by atoms with Gasteiger partial charge in [-0.2, -0.15) is 0 Å². The van der Waals surface area contributed by atoms with Gasteiger partial charge in [-0.1, -0.05) is 285 Å². The summed E-state index contributed by atoms with van der Waals surface area (Å²) >= 11 is 0. The quantitative estimate of drug-likeness (QED) is 0.0128. The summed E-state index contributed by atoms with van der Waals surface area (Å²) in [6.45, 7) is 4.74. The van der Waals surface area contributed by atoms with Gasteiger partial charge in [-0.25, -0.2) is 9.13 Å². The van der Waals surface area contributed by atoms with Crippen molar-refractivity contribution in [3.8, 4) is 0 Å². The average molecular weight is 1450 g/mol. The molecule has 100 heavy (non-hydrogen) atoms. The van der Waals surface area contributed by atoms with Gasteiger partial charge in [-0.05, 0) is 122 Å². The average Bonchev–Trinajstić information content (AvgIpc) is 0.962. The molecule has 0 rings (SSSR count). The van der Waals surface area contributed by atoms with Crippen molar-refractivity contribution in [3.63, 3.8) is 0 Å². The van der Waals surface area contributed by atoms with Gasteiger partial charge >= 0.3 is 39.5 Å². The first-order valence-electron chi connectivity index (χ1n) is 39.5. The Labute approximate surface area is 607 Å². The van der Waals surface area contributed by atoms with Crippen LogP contribution in [-0.4, -0.2) is 96.7 Å². The third-order valence-corrected chi connectivity index (χ3v) is 18.4. The first kappa shape index (κ1) is 96.0. The SMILES string of the molecule is CCCCC/C=C\C/C=C\C/C=C\C/C=C\CCCC(=O)O[C@H](COC(=O)CCCCCCC/C=C\C=C/CCCCCC)COP(=O)(O)OC[C@H](O)COP(=O)(O)OC[C@@H](COC(=O)CCCCCCC/C=C\C/C=C\CCCCC)OC(=O)CCCCCCCCCCCCCCC. The number of carbonyl (C=O) groups is 4. The summed E-state index contributed by atoms with van der Waals surface area (Å²) < 4.78 is 68.5. The Bertz CT molecular complexity index is 2270. The Morgan fingerprint density at radius 1 is 0.290 bits per heavy atom. The fourth-order valence-corrected chi connectivity index (χ4v) is 12.0. The molecule has 3 N–H and O–H groups in total. The number of unbranched alkanes of at least 4 members (excludes halogenated alkanes) is 33. The van der Waals surface area contributed by atoms with Gasteiger partial charge in [0.25, 0.3) is 0 Å². The van der Waals surface area contributed by atoms with E-state index in [0.29, 0.717) is 32.1 Å². The fraction of sp³-hybridized carbons (Fsp3) is 0.753. The van der Waals surface area contributed by atoms with E-state index in [1.54, 1.807) is 0 Å². The highest BCUT2D eigenvalue weighted by atomic mass is 31.2. The van der Waals surface area contributed by atoms with Crippen LogP contribution in [0.1, 0.15) is 336 Å². The van der Waals surface area contributed by atoms with Crippen LogP contribution in [0.25, 0.3) is 0 Å². The van der Waals surface area contributed by atoms with Gasteiger partial charge < -0.3 is 33.8 Å². The van der Waals surface area contributed by atoms with Gasteiger partial charge in [0.2, 0.25) is 0 Å². The molecule has 0 aliphatic rings. The molecule has 0 saturated carbocycles. The number of aliphatic hydroxyl groups excluding tert-OH is 1. The van der Waals surface area contributed by atoms with Gasteiger partial charge in [0.15, 0.2) is 12.2 Å². The Morgan fingerprint density at radius 2 is 0.530 bits per heavy atom. The lowest BCUT2D eigenvalue weighted by Crippen LogP contribution is -2.30. The van der Waals surface area contributed by atoms with E-state index in [2.05, 4.69) is 113 Å². The van der Waals surface area contributed by atoms with Crippen LogP contribution < -0.4 is 0 Å².